The van der Waals surface area contributed by atoms with Gasteiger partial charge in [-0.2, -0.15) is 15.8 Å². The molecular weight excluding hydrogens is 376 g/mol. The van der Waals surface area contributed by atoms with Gasteiger partial charge >= 0.3 is 0 Å². The first-order valence-electron chi connectivity index (χ1n) is 7.86. The molecule has 0 unspecified atom stereocenters. The molecule has 0 radical (unpaired) electrons. The van der Waals surface area contributed by atoms with Crippen LogP contribution in [0, 0.1) is 76.4 Å². The van der Waals surface area contributed by atoms with E-state index in [1.165, 1.54) is 12.1 Å². The van der Waals surface area contributed by atoms with E-state index in [0.29, 0.717) is 0 Å². The number of nitriles is 5. The summed E-state index contributed by atoms with van der Waals surface area (Å²) in [5.74, 6) is 0. The van der Waals surface area contributed by atoms with Gasteiger partial charge in [-0.1, -0.05) is 0 Å². The van der Waals surface area contributed by atoms with Gasteiger partial charge in [-0.25, -0.2) is 25.1 Å². The molecule has 0 saturated carbocycles. The molecule has 0 amide bonds. The Labute approximate surface area is 170 Å². The summed E-state index contributed by atoms with van der Waals surface area (Å²) >= 11 is 0. The van der Waals surface area contributed by atoms with E-state index in [-0.39, 0.29) is 61.5 Å². The predicted molar refractivity (Wildman–Crippen MR) is 102 cm³/mol. The smallest absolute Gasteiger partial charge is 0.237 e. The highest BCUT2D eigenvalue weighted by molar-refractivity contribution is 6.13. The zero-order valence-electron chi connectivity index (χ0n) is 14.7. The van der Waals surface area contributed by atoms with Crippen LogP contribution in [0.25, 0.3) is 36.8 Å². The minimum absolute atomic E-state index is 0.0178. The number of nitrogens with zero attached hydrogens (tertiary/aromatic N) is 8. The van der Waals surface area contributed by atoms with Crippen molar-refractivity contribution in [3.05, 3.63) is 91.3 Å². The van der Waals surface area contributed by atoms with Gasteiger partial charge in [-0.3, -0.25) is 0 Å². The van der Waals surface area contributed by atoms with Crippen LogP contribution in [0.2, 0.25) is 0 Å². The first kappa shape index (κ1) is 18.9. The maximum absolute atomic E-state index is 9.61. The molecule has 130 valence electrons. The van der Waals surface area contributed by atoms with Crippen LogP contribution in [0.4, 0.5) is 0 Å². The Morgan fingerprint density at radius 1 is 0.633 bits per heavy atom. The number of fused-ring (bicyclic) bond motifs is 2. The molecule has 3 rings (SSSR count). The SMILES string of the molecule is [C-]#[N+]C1=C(C#N)c2cc3c(cc2/C1=C(\C#N)[N+]#[C-])C(C#N)=C(C#N)/C3=C(\C#N)[N+]#[C-]. The van der Waals surface area contributed by atoms with E-state index in [4.69, 9.17) is 19.7 Å². The molecule has 1 aromatic carbocycles. The van der Waals surface area contributed by atoms with Gasteiger partial charge in [-0.15, -0.1) is 0 Å². The van der Waals surface area contributed by atoms with Crippen molar-refractivity contribution in [3.63, 3.8) is 0 Å². The van der Waals surface area contributed by atoms with Crippen LogP contribution in [0.3, 0.4) is 0 Å². The molecule has 0 aromatic heterocycles. The van der Waals surface area contributed by atoms with Gasteiger partial charge < -0.3 is 0 Å². The van der Waals surface area contributed by atoms with Crippen LogP contribution in [0.15, 0.2) is 34.8 Å². The second-order valence-corrected chi connectivity index (χ2v) is 5.76. The topological polar surface area (TPSA) is 132 Å². The average Bonchev–Trinajstić information content (AvgIpc) is 3.25. The summed E-state index contributed by atoms with van der Waals surface area (Å²) < 4.78 is 0. The van der Waals surface area contributed by atoms with Gasteiger partial charge in [0.15, 0.2) is 0 Å². The minimum atomic E-state index is -0.390. The fourth-order valence-corrected chi connectivity index (χ4v) is 3.41. The third kappa shape index (κ3) is 2.25. The highest BCUT2D eigenvalue weighted by Gasteiger charge is 2.36. The molecule has 30 heavy (non-hydrogen) atoms. The van der Waals surface area contributed by atoms with Crippen LogP contribution < -0.4 is 0 Å². The van der Waals surface area contributed by atoms with Crippen molar-refractivity contribution >= 4 is 22.3 Å². The number of hydrogen-bond donors (Lipinski definition) is 0. The van der Waals surface area contributed by atoms with Gasteiger partial charge in [0.2, 0.25) is 5.70 Å². The van der Waals surface area contributed by atoms with Gasteiger partial charge in [0.05, 0.1) is 60.7 Å². The summed E-state index contributed by atoms with van der Waals surface area (Å²) in [4.78, 5) is 9.62. The number of allylic oxidation sites excluding steroid dienone is 7. The van der Waals surface area contributed by atoms with Crippen molar-refractivity contribution in [2.75, 3.05) is 0 Å². The highest BCUT2D eigenvalue weighted by Crippen LogP contribution is 2.50. The van der Waals surface area contributed by atoms with E-state index in [2.05, 4.69) is 14.5 Å². The van der Waals surface area contributed by atoms with E-state index in [9.17, 15) is 26.3 Å². The Kier molecular flexibility index (Phi) is 4.42. The molecule has 0 aliphatic heterocycles. The zero-order valence-corrected chi connectivity index (χ0v) is 14.7. The monoisotopic (exact) mass is 378 g/mol. The van der Waals surface area contributed by atoms with Crippen LogP contribution >= 0.6 is 0 Å². The Morgan fingerprint density at radius 3 is 1.53 bits per heavy atom. The second kappa shape index (κ2) is 7.02. The Morgan fingerprint density at radius 2 is 1.10 bits per heavy atom. The number of rotatable bonds is 0. The molecule has 0 bridgehead atoms. The number of hydrogen-bond acceptors (Lipinski definition) is 5. The van der Waals surface area contributed by atoms with E-state index in [1.807, 2.05) is 18.2 Å². The van der Waals surface area contributed by atoms with E-state index in [0.717, 1.165) is 0 Å². The van der Waals surface area contributed by atoms with Gasteiger partial charge in [0.25, 0.3) is 11.4 Å². The molecule has 0 spiro atoms. The van der Waals surface area contributed by atoms with Crippen LogP contribution in [-0.4, -0.2) is 0 Å². The van der Waals surface area contributed by atoms with Crippen LogP contribution in [0.1, 0.15) is 22.3 Å². The third-order valence-corrected chi connectivity index (χ3v) is 4.56. The molecule has 0 N–H and O–H groups in total. The molecule has 0 fully saturated rings. The van der Waals surface area contributed by atoms with Crippen molar-refractivity contribution in [3.8, 4) is 30.3 Å². The summed E-state index contributed by atoms with van der Waals surface area (Å²) in [5, 5.41) is 47.4. The van der Waals surface area contributed by atoms with E-state index < -0.39 is 5.70 Å². The van der Waals surface area contributed by atoms with Crippen LogP contribution in [-0.2, 0) is 0 Å². The normalized spacial score (nSPS) is 16.3. The fourth-order valence-electron chi connectivity index (χ4n) is 3.41. The lowest BCUT2D eigenvalue weighted by atomic mass is 9.93. The molecule has 0 heterocycles. The molecule has 0 atom stereocenters. The van der Waals surface area contributed by atoms with E-state index >= 15 is 0 Å². The van der Waals surface area contributed by atoms with Crippen LogP contribution in [0.5, 0.6) is 0 Å². The Bertz CT molecular complexity index is 1400. The second-order valence-electron chi connectivity index (χ2n) is 5.76. The lowest BCUT2D eigenvalue weighted by Crippen LogP contribution is -1.93. The van der Waals surface area contributed by atoms with Gasteiger partial charge in [-0.05, 0) is 28.8 Å². The summed E-state index contributed by atoms with van der Waals surface area (Å²) in [7, 11) is 0. The lowest BCUT2D eigenvalue weighted by molar-refractivity contribution is 1.46. The molecular formula is C22H2N8. The molecule has 2 aliphatic rings. The molecule has 8 nitrogen and oxygen atoms in total. The number of benzene rings is 1. The summed E-state index contributed by atoms with van der Waals surface area (Å²) in [6, 6.07) is 11.9. The van der Waals surface area contributed by atoms with Crippen molar-refractivity contribution in [2.45, 2.75) is 0 Å². The zero-order chi connectivity index (χ0) is 22.0. The molecule has 1 aromatic rings. The largest absolute Gasteiger partial charge is 0.270 e. The fraction of sp³-hybridized carbons (Fsp3) is 0. The maximum Gasteiger partial charge on any atom is 0.270 e. The first-order chi connectivity index (χ1) is 14.6. The van der Waals surface area contributed by atoms with Crippen molar-refractivity contribution in [2.24, 2.45) is 0 Å². The standard InChI is InChI=1S/C22H2N8/c1-28-18(9-26)20-13-5-12-14(4-11(13)15(6-23)16(20)7-24)21(19(10-27)29-2)22(30-3)17(12)8-25/h4-5H/b20-18+,21-19-. The Hall–Kier alpha value is -5.90. The van der Waals surface area contributed by atoms with Crippen molar-refractivity contribution < 1.29 is 0 Å². The molecule has 0 saturated heterocycles. The minimum Gasteiger partial charge on any atom is -0.237 e. The quantitative estimate of drug-likeness (QED) is 0.497. The van der Waals surface area contributed by atoms with Crippen molar-refractivity contribution in [1.29, 1.82) is 26.3 Å². The lowest BCUT2D eigenvalue weighted by Gasteiger charge is -2.09. The third-order valence-electron chi connectivity index (χ3n) is 4.56. The highest BCUT2D eigenvalue weighted by atomic mass is 14.7. The first-order valence-corrected chi connectivity index (χ1v) is 7.86. The van der Waals surface area contributed by atoms with E-state index in [1.54, 1.807) is 12.1 Å². The molecule has 2 aliphatic carbocycles. The predicted octanol–water partition coefficient (Wildman–Crippen LogP) is 3.98. The summed E-state index contributed by atoms with van der Waals surface area (Å²) in [5.41, 5.74) is -0.351. The van der Waals surface area contributed by atoms with Gasteiger partial charge in [0, 0.05) is 16.7 Å². The molecule has 8 heteroatoms. The summed E-state index contributed by atoms with van der Waals surface area (Å²) in [6.45, 7) is 21.9. The maximum atomic E-state index is 9.61. The summed E-state index contributed by atoms with van der Waals surface area (Å²) in [6.07, 6.45) is 0. The Balaban J connectivity index is 2.59. The van der Waals surface area contributed by atoms with Crippen molar-refractivity contribution in [1.82, 2.24) is 0 Å². The van der Waals surface area contributed by atoms with Gasteiger partial charge in [0.1, 0.15) is 6.07 Å². The average molecular weight is 378 g/mol.